The van der Waals surface area contributed by atoms with E-state index in [2.05, 4.69) is 33.3 Å². The molecule has 8 heteroatoms. The molecule has 1 heterocycles. The zero-order valence-electron chi connectivity index (χ0n) is 14.7. The van der Waals surface area contributed by atoms with Crippen LogP contribution in [-0.2, 0) is 6.54 Å². The van der Waals surface area contributed by atoms with E-state index in [-0.39, 0.29) is 5.56 Å². The summed E-state index contributed by atoms with van der Waals surface area (Å²) in [6.45, 7) is 0.850. The minimum Gasteiger partial charge on any atom is -0.545 e. The summed E-state index contributed by atoms with van der Waals surface area (Å²) in [6, 6.07) is 17.3. The van der Waals surface area contributed by atoms with Crippen molar-refractivity contribution < 1.29 is 25.5 Å². The molecule has 0 aliphatic heterocycles. The average Bonchev–Trinajstić information content (AvgIpc) is 2.69. The number of carbonyl (C=O) groups is 2. The summed E-state index contributed by atoms with van der Waals surface area (Å²) in [6.07, 6.45) is 3.56. The lowest BCUT2D eigenvalue weighted by Crippen LogP contribution is -2.47. The Hall–Kier alpha value is -2.05. The van der Waals surface area contributed by atoms with E-state index < -0.39 is 11.9 Å². The summed E-state index contributed by atoms with van der Waals surface area (Å²) < 4.78 is 1.84. The minimum atomic E-state index is -1.13. The number of rotatable bonds is 3. The molecule has 2 aromatic carbocycles. The van der Waals surface area contributed by atoms with E-state index in [1.807, 2.05) is 46.9 Å². The lowest BCUT2D eigenvalue weighted by Gasteiger charge is -2.00. The fourth-order valence-electron chi connectivity index (χ4n) is 1.79. The van der Waals surface area contributed by atoms with Crippen LogP contribution < -0.4 is 10.8 Å². The number of pyridine rings is 1. The van der Waals surface area contributed by atoms with Gasteiger partial charge in [-0.25, -0.2) is 4.79 Å². The first-order valence-electron chi connectivity index (χ1n) is 7.97. The summed E-state index contributed by atoms with van der Waals surface area (Å²) in [5.41, 5.74) is 5.53. The summed E-state index contributed by atoms with van der Waals surface area (Å²) in [4.78, 5) is 24.5. The molecule has 0 spiro atoms. The van der Waals surface area contributed by atoms with Gasteiger partial charge in [0.15, 0.2) is 0 Å². The number of aromatic carboxylic acids is 2. The number of hydrogen-bond donors (Lipinski definition) is 2. The molecule has 0 radical (unpaired) electrons. The van der Waals surface area contributed by atoms with Crippen LogP contribution in [0.4, 0.5) is 0 Å². The molecule has 0 aliphatic carbocycles. The molecule has 3 rings (SSSR count). The maximum atomic E-state index is 10.3. The van der Waals surface area contributed by atoms with Crippen LogP contribution >= 0.6 is 45.2 Å². The first-order valence-corrected chi connectivity index (χ1v) is 10.1. The van der Waals surface area contributed by atoms with E-state index in [1.165, 1.54) is 11.6 Å². The number of benzene rings is 2. The van der Waals surface area contributed by atoms with Gasteiger partial charge < -0.3 is 20.7 Å². The number of hydrogen-bond acceptors (Lipinski definition) is 4. The number of carbonyl (C=O) groups excluding carboxylic acids is 1. The van der Waals surface area contributed by atoms with E-state index in [9.17, 15) is 14.7 Å². The van der Waals surface area contributed by atoms with Crippen LogP contribution in [0.3, 0.4) is 0 Å². The predicted octanol–water partition coefficient (Wildman–Crippen LogP) is 2.47. The molecule has 1 aromatic heterocycles. The molecule has 0 fully saturated rings. The molecule has 0 saturated carbocycles. The SMILES string of the molecule is O=C(O)c1cccc(I)c1.O=C([O-])c1cccc(I)c1.[NH3+]Cc1ccncc1. The van der Waals surface area contributed by atoms with Crippen molar-refractivity contribution in [3.63, 3.8) is 0 Å². The van der Waals surface area contributed by atoms with Crippen molar-refractivity contribution in [1.82, 2.24) is 4.98 Å². The largest absolute Gasteiger partial charge is 0.545 e. The van der Waals surface area contributed by atoms with Gasteiger partial charge in [0.25, 0.3) is 0 Å². The fraction of sp³-hybridized carbons (Fsp3) is 0.0500. The highest BCUT2D eigenvalue weighted by molar-refractivity contribution is 14.1. The Kier molecular flexibility index (Phi) is 11.3. The van der Waals surface area contributed by atoms with E-state index in [0.717, 1.165) is 13.7 Å². The van der Waals surface area contributed by atoms with Gasteiger partial charge in [0, 0.05) is 25.1 Å². The number of nitrogens with zero attached hydrogens (tertiary/aromatic N) is 1. The zero-order valence-corrected chi connectivity index (χ0v) is 19.0. The molecular weight excluding hydrogens is 586 g/mol. The van der Waals surface area contributed by atoms with Crippen molar-refractivity contribution in [2.75, 3.05) is 0 Å². The average molecular weight is 604 g/mol. The van der Waals surface area contributed by atoms with Crippen molar-refractivity contribution in [2.24, 2.45) is 0 Å². The third-order valence-electron chi connectivity index (χ3n) is 3.17. The van der Waals surface area contributed by atoms with Crippen LogP contribution in [-0.4, -0.2) is 22.0 Å². The summed E-state index contributed by atoms with van der Waals surface area (Å²) >= 11 is 4.12. The zero-order chi connectivity index (χ0) is 20.9. The lowest BCUT2D eigenvalue weighted by atomic mass is 10.2. The van der Waals surface area contributed by atoms with Gasteiger partial charge in [0.05, 0.1) is 18.1 Å². The van der Waals surface area contributed by atoms with Gasteiger partial charge in [0.1, 0.15) is 0 Å². The maximum absolute atomic E-state index is 10.3. The molecule has 6 nitrogen and oxygen atoms in total. The third-order valence-corrected chi connectivity index (χ3v) is 4.51. The lowest BCUT2D eigenvalue weighted by molar-refractivity contribution is -0.386. The Morgan fingerprint density at radius 1 is 0.929 bits per heavy atom. The Morgan fingerprint density at radius 2 is 1.43 bits per heavy atom. The predicted molar refractivity (Wildman–Crippen MR) is 120 cm³/mol. The molecule has 0 saturated heterocycles. The molecule has 4 N–H and O–H groups in total. The number of halogens is 2. The van der Waals surface area contributed by atoms with Crippen molar-refractivity contribution >= 4 is 57.1 Å². The summed E-state index contributed by atoms with van der Waals surface area (Å²) in [7, 11) is 0. The number of quaternary nitrogens is 1. The Balaban J connectivity index is 0.000000212. The van der Waals surface area contributed by atoms with Gasteiger partial charge in [-0.15, -0.1) is 0 Å². The highest BCUT2D eigenvalue weighted by Gasteiger charge is 2.00. The van der Waals surface area contributed by atoms with E-state index >= 15 is 0 Å². The van der Waals surface area contributed by atoms with Gasteiger partial charge in [-0.05, 0) is 93.2 Å². The van der Waals surface area contributed by atoms with E-state index in [1.54, 1.807) is 42.7 Å². The smallest absolute Gasteiger partial charge is 0.335 e. The molecule has 0 atom stereocenters. The quantitative estimate of drug-likeness (QED) is 0.446. The van der Waals surface area contributed by atoms with E-state index in [0.29, 0.717) is 5.56 Å². The Bertz CT molecular complexity index is 850. The Labute approximate surface area is 190 Å². The highest BCUT2D eigenvalue weighted by Crippen LogP contribution is 2.07. The van der Waals surface area contributed by atoms with Crippen LogP contribution in [0.1, 0.15) is 26.3 Å². The number of carboxylic acids is 2. The van der Waals surface area contributed by atoms with Crippen molar-refractivity contribution in [3.05, 3.63) is 96.9 Å². The van der Waals surface area contributed by atoms with Crippen molar-refractivity contribution in [2.45, 2.75) is 6.54 Å². The minimum absolute atomic E-state index is 0.229. The van der Waals surface area contributed by atoms with E-state index in [4.69, 9.17) is 5.11 Å². The summed E-state index contributed by atoms with van der Waals surface area (Å²) in [5, 5.41) is 18.7. The second-order valence-corrected chi connectivity index (χ2v) is 7.71. The third kappa shape index (κ3) is 9.76. The van der Waals surface area contributed by atoms with Gasteiger partial charge in [0.2, 0.25) is 0 Å². The summed E-state index contributed by atoms with van der Waals surface area (Å²) in [5.74, 6) is -2.00. The molecule has 0 amide bonds. The topological polar surface area (TPSA) is 118 Å². The van der Waals surface area contributed by atoms with Gasteiger partial charge in [-0.1, -0.05) is 18.2 Å². The second-order valence-electron chi connectivity index (χ2n) is 5.22. The molecular formula is C20H18I2N2O4. The highest BCUT2D eigenvalue weighted by atomic mass is 127. The Morgan fingerprint density at radius 3 is 1.75 bits per heavy atom. The van der Waals surface area contributed by atoms with Crippen molar-refractivity contribution in [1.29, 1.82) is 0 Å². The fourth-order valence-corrected chi connectivity index (χ4v) is 2.87. The van der Waals surface area contributed by atoms with Crippen LogP contribution in [0, 0.1) is 7.14 Å². The van der Waals surface area contributed by atoms with Gasteiger partial charge >= 0.3 is 5.97 Å². The van der Waals surface area contributed by atoms with Crippen molar-refractivity contribution in [3.8, 4) is 0 Å². The molecule has 0 unspecified atom stereocenters. The molecule has 0 bridgehead atoms. The molecule has 28 heavy (non-hydrogen) atoms. The molecule has 3 aromatic rings. The van der Waals surface area contributed by atoms with Crippen LogP contribution in [0.15, 0.2) is 73.1 Å². The maximum Gasteiger partial charge on any atom is 0.335 e. The van der Waals surface area contributed by atoms with Crippen LogP contribution in [0.2, 0.25) is 0 Å². The number of aromatic nitrogens is 1. The normalized spacial score (nSPS) is 9.25. The first kappa shape index (κ1) is 24.0. The molecule has 0 aliphatic rings. The monoisotopic (exact) mass is 604 g/mol. The van der Waals surface area contributed by atoms with Crippen LogP contribution in [0.5, 0.6) is 0 Å². The van der Waals surface area contributed by atoms with Gasteiger partial charge in [-0.2, -0.15) is 0 Å². The number of carboxylic acid groups (broad SMARTS) is 2. The first-order chi connectivity index (χ1) is 13.3. The standard InChI is InChI=1S/2C7H5IO2.C6H8N2/c2*8-6-3-1-2-5(4-6)7(9)10;7-5-6-1-3-8-4-2-6/h2*1-4H,(H,9,10);1-4H,5,7H2. The van der Waals surface area contributed by atoms with Crippen LogP contribution in [0.25, 0.3) is 0 Å². The molecule has 146 valence electrons. The van der Waals surface area contributed by atoms with Gasteiger partial charge in [-0.3, -0.25) is 4.98 Å². The second kappa shape index (κ2) is 13.2.